The maximum Gasteiger partial charge on any atom is 0.505 e. The van der Waals surface area contributed by atoms with Crippen LogP contribution in [-0.4, -0.2) is 59.6 Å². The first-order valence-electron chi connectivity index (χ1n) is 5.06. The number of hydrogen-bond acceptors (Lipinski definition) is 3. The molecule has 0 bridgehead atoms. The smallest absolute Gasteiger partial charge is 0.450 e. The van der Waals surface area contributed by atoms with Gasteiger partial charge in [0.25, 0.3) is 0 Å². The number of methoxy groups -OCH3 is 1. The molecule has 0 saturated carbocycles. The Hall–Kier alpha value is 0.230. The molecule has 0 aromatic rings. The Labute approximate surface area is 114 Å². The van der Waals surface area contributed by atoms with Gasteiger partial charge in [0.05, 0.1) is 7.11 Å². The first kappa shape index (κ1) is 20.6. The quantitative estimate of drug-likeness (QED) is 0.416. The Bertz CT molecular complexity index is 114. The van der Waals surface area contributed by atoms with Gasteiger partial charge in [-0.05, 0) is 6.42 Å². The van der Waals surface area contributed by atoms with Crippen LogP contribution < -0.4 is 0 Å². The number of aliphatic hydroxyl groups is 1. The molecule has 0 amide bonds. The molecule has 0 rings (SSSR count). The maximum atomic E-state index is 9.15. The summed E-state index contributed by atoms with van der Waals surface area (Å²) in [5, 5.41) is 15.9. The molecular weight excluding hydrogens is 207 g/mol. The standard InChI is InChI=1S/C8H18O.C2H4O3.Na/c1-2-3-4-5-6-7-8-9;1-5-2(3)4;/h9H,2-8H2,1H3;1H3,(H,3,4);. The van der Waals surface area contributed by atoms with E-state index in [0.717, 1.165) is 13.5 Å². The summed E-state index contributed by atoms with van der Waals surface area (Å²) in [5.41, 5.74) is 0. The summed E-state index contributed by atoms with van der Waals surface area (Å²) >= 11 is 0. The molecule has 0 aromatic carbocycles. The molecule has 0 atom stereocenters. The van der Waals surface area contributed by atoms with Crippen LogP contribution in [0.3, 0.4) is 0 Å². The van der Waals surface area contributed by atoms with Crippen molar-refractivity contribution in [1.29, 1.82) is 0 Å². The van der Waals surface area contributed by atoms with Crippen molar-refractivity contribution < 1.29 is 19.7 Å². The van der Waals surface area contributed by atoms with E-state index >= 15 is 0 Å². The summed E-state index contributed by atoms with van der Waals surface area (Å²) in [6, 6.07) is 0. The summed E-state index contributed by atoms with van der Waals surface area (Å²) in [5.74, 6) is 0. The van der Waals surface area contributed by atoms with E-state index in [1.54, 1.807) is 0 Å². The van der Waals surface area contributed by atoms with Crippen LogP contribution in [0.15, 0.2) is 0 Å². The number of rotatable bonds is 6. The fourth-order valence-corrected chi connectivity index (χ4v) is 0.892. The predicted octanol–water partition coefficient (Wildman–Crippen LogP) is 2.27. The number of ether oxygens (including phenoxy) is 1. The van der Waals surface area contributed by atoms with Crippen molar-refractivity contribution in [2.45, 2.75) is 45.4 Å². The molecule has 87 valence electrons. The van der Waals surface area contributed by atoms with E-state index < -0.39 is 6.16 Å². The monoisotopic (exact) mass is 229 g/mol. The van der Waals surface area contributed by atoms with E-state index in [0.29, 0.717) is 6.61 Å². The van der Waals surface area contributed by atoms with Crippen molar-refractivity contribution >= 4 is 35.7 Å². The van der Waals surface area contributed by atoms with Gasteiger partial charge in [0.1, 0.15) is 0 Å². The summed E-state index contributed by atoms with van der Waals surface area (Å²) < 4.78 is 3.67. The minimum absolute atomic E-state index is 0. The van der Waals surface area contributed by atoms with Crippen LogP contribution in [0.5, 0.6) is 0 Å². The minimum atomic E-state index is -1.25. The SMILES string of the molecule is CCCCCCCCO.COC(=O)O.[Na]. The Morgan fingerprint density at radius 2 is 1.53 bits per heavy atom. The van der Waals surface area contributed by atoms with Crippen molar-refractivity contribution in [3.8, 4) is 0 Å². The molecule has 0 aliphatic carbocycles. The largest absolute Gasteiger partial charge is 0.505 e. The van der Waals surface area contributed by atoms with E-state index in [4.69, 9.17) is 15.0 Å². The molecule has 4 nitrogen and oxygen atoms in total. The Morgan fingerprint density at radius 1 is 1.13 bits per heavy atom. The van der Waals surface area contributed by atoms with Gasteiger partial charge >= 0.3 is 6.16 Å². The Balaban J connectivity index is -0.000000208. The second-order valence-electron chi connectivity index (χ2n) is 2.96. The minimum Gasteiger partial charge on any atom is -0.450 e. The molecule has 2 N–H and O–H groups in total. The van der Waals surface area contributed by atoms with Crippen LogP contribution in [-0.2, 0) is 4.74 Å². The van der Waals surface area contributed by atoms with Crippen molar-refractivity contribution in [3.63, 3.8) is 0 Å². The first-order valence-corrected chi connectivity index (χ1v) is 5.06. The van der Waals surface area contributed by atoms with Gasteiger partial charge in [0, 0.05) is 36.2 Å². The zero-order valence-corrected chi connectivity index (χ0v) is 12.2. The van der Waals surface area contributed by atoms with Gasteiger partial charge in [-0.25, -0.2) is 4.79 Å². The fraction of sp³-hybridized carbons (Fsp3) is 0.900. The Morgan fingerprint density at radius 3 is 1.87 bits per heavy atom. The number of carboxylic acid groups (broad SMARTS) is 1. The van der Waals surface area contributed by atoms with Crippen LogP contribution >= 0.6 is 0 Å². The van der Waals surface area contributed by atoms with E-state index in [-0.39, 0.29) is 29.6 Å². The molecule has 0 aliphatic heterocycles. The van der Waals surface area contributed by atoms with Crippen LogP contribution in [0, 0.1) is 0 Å². The number of hydrogen-bond donors (Lipinski definition) is 2. The zero-order chi connectivity index (χ0) is 11.2. The van der Waals surface area contributed by atoms with Crippen molar-refractivity contribution in [3.05, 3.63) is 0 Å². The summed E-state index contributed by atoms with van der Waals surface area (Å²) in [4.78, 5) is 9.15. The summed E-state index contributed by atoms with van der Waals surface area (Å²) in [7, 11) is 1.10. The summed E-state index contributed by atoms with van der Waals surface area (Å²) in [6.45, 7) is 2.58. The van der Waals surface area contributed by atoms with E-state index in [9.17, 15) is 0 Å². The molecule has 0 heterocycles. The Kier molecular flexibility index (Phi) is 27.1. The van der Waals surface area contributed by atoms with E-state index in [1.165, 1.54) is 32.1 Å². The average molecular weight is 229 g/mol. The predicted molar refractivity (Wildman–Crippen MR) is 61.2 cm³/mol. The van der Waals surface area contributed by atoms with Crippen LogP contribution in [0.1, 0.15) is 45.4 Å². The van der Waals surface area contributed by atoms with Gasteiger partial charge in [0.2, 0.25) is 0 Å². The second kappa shape index (κ2) is 19.7. The van der Waals surface area contributed by atoms with Gasteiger partial charge in [-0.1, -0.05) is 39.0 Å². The molecule has 0 saturated heterocycles. The molecule has 0 spiro atoms. The number of unbranched alkanes of at least 4 members (excludes halogenated alkanes) is 5. The van der Waals surface area contributed by atoms with Crippen molar-refractivity contribution in [2.75, 3.05) is 13.7 Å². The van der Waals surface area contributed by atoms with Crippen LogP contribution in [0.2, 0.25) is 0 Å². The molecule has 0 aromatic heterocycles. The molecule has 0 unspecified atom stereocenters. The number of aliphatic hydroxyl groups excluding tert-OH is 1. The molecule has 15 heavy (non-hydrogen) atoms. The molecule has 5 heteroatoms. The third kappa shape index (κ3) is 31.4. The van der Waals surface area contributed by atoms with E-state index in [2.05, 4.69) is 11.7 Å². The third-order valence-electron chi connectivity index (χ3n) is 1.69. The van der Waals surface area contributed by atoms with Gasteiger partial charge in [-0.2, -0.15) is 0 Å². The normalized spacial score (nSPS) is 8.20. The van der Waals surface area contributed by atoms with Crippen molar-refractivity contribution in [2.24, 2.45) is 0 Å². The zero-order valence-electron chi connectivity index (χ0n) is 10.2. The molecule has 1 radical (unpaired) electrons. The third-order valence-corrected chi connectivity index (χ3v) is 1.69. The fourth-order valence-electron chi connectivity index (χ4n) is 0.892. The van der Waals surface area contributed by atoms with Gasteiger partial charge < -0.3 is 14.9 Å². The molecule has 0 fully saturated rings. The second-order valence-corrected chi connectivity index (χ2v) is 2.96. The summed E-state index contributed by atoms with van der Waals surface area (Å²) in [6.07, 6.45) is 6.25. The number of carbonyl (C=O) groups is 1. The van der Waals surface area contributed by atoms with E-state index in [1.807, 2.05) is 0 Å². The van der Waals surface area contributed by atoms with Crippen molar-refractivity contribution in [1.82, 2.24) is 0 Å². The maximum absolute atomic E-state index is 9.15. The van der Waals surface area contributed by atoms with Crippen LogP contribution in [0.25, 0.3) is 0 Å². The van der Waals surface area contributed by atoms with Crippen LogP contribution in [0.4, 0.5) is 4.79 Å². The van der Waals surface area contributed by atoms with Gasteiger partial charge in [-0.15, -0.1) is 0 Å². The molecular formula is C10H22NaO4. The molecule has 0 aliphatic rings. The average Bonchev–Trinajstić information content (AvgIpc) is 2.19. The van der Waals surface area contributed by atoms with Gasteiger partial charge in [0.15, 0.2) is 0 Å². The van der Waals surface area contributed by atoms with Gasteiger partial charge in [-0.3, -0.25) is 0 Å². The first-order chi connectivity index (χ1) is 6.68. The topological polar surface area (TPSA) is 66.8 Å².